The van der Waals surface area contributed by atoms with Crippen LogP contribution in [0.5, 0.6) is 0 Å². The number of carbonyl (C=O) groups excluding carboxylic acids is 2. The van der Waals surface area contributed by atoms with E-state index in [0.29, 0.717) is 12.6 Å². The van der Waals surface area contributed by atoms with Crippen LogP contribution < -0.4 is 10.6 Å². The van der Waals surface area contributed by atoms with Crippen LogP contribution in [0.1, 0.15) is 32.3 Å². The first kappa shape index (κ1) is 20.9. The lowest BCUT2D eigenvalue weighted by molar-refractivity contribution is -0.129. The van der Waals surface area contributed by atoms with Crippen LogP contribution in [-0.4, -0.2) is 77.4 Å². The van der Waals surface area contributed by atoms with Crippen molar-refractivity contribution in [3.63, 3.8) is 0 Å². The summed E-state index contributed by atoms with van der Waals surface area (Å²) in [5.74, 6) is 0.205. The van der Waals surface area contributed by atoms with Crippen LogP contribution in [0.2, 0.25) is 0 Å². The predicted molar refractivity (Wildman–Crippen MR) is 118 cm³/mol. The van der Waals surface area contributed by atoms with Crippen molar-refractivity contribution in [2.75, 3.05) is 32.7 Å². The number of rotatable bonds is 8. The number of nitrogens with zero attached hydrogens (tertiary/aromatic N) is 2. The number of carbonyl (C=O) groups is 2. The van der Waals surface area contributed by atoms with Gasteiger partial charge in [-0.1, -0.05) is 18.2 Å². The zero-order valence-corrected chi connectivity index (χ0v) is 18.0. The maximum atomic E-state index is 12.6. The molecule has 1 aromatic heterocycles. The smallest absolute Gasteiger partial charge is 0.237 e. The van der Waals surface area contributed by atoms with Gasteiger partial charge in [0.15, 0.2) is 0 Å². The van der Waals surface area contributed by atoms with Gasteiger partial charge in [-0.2, -0.15) is 0 Å². The lowest BCUT2D eigenvalue weighted by atomic mass is 10.1. The Bertz CT molecular complexity index is 883. The van der Waals surface area contributed by atoms with Crippen LogP contribution in [0, 0.1) is 0 Å². The Morgan fingerprint density at radius 3 is 2.33 bits per heavy atom. The lowest BCUT2D eigenvalue weighted by Gasteiger charge is -2.39. The third-order valence-electron chi connectivity index (χ3n) is 6.50. The minimum absolute atomic E-state index is 0.0721. The van der Waals surface area contributed by atoms with E-state index in [1.165, 1.54) is 10.9 Å². The van der Waals surface area contributed by atoms with Gasteiger partial charge in [-0.15, -0.1) is 0 Å². The second-order valence-corrected chi connectivity index (χ2v) is 8.61. The summed E-state index contributed by atoms with van der Waals surface area (Å²) < 4.78 is 0. The summed E-state index contributed by atoms with van der Waals surface area (Å²) in [5.41, 5.74) is 2.36. The largest absolute Gasteiger partial charge is 0.361 e. The fourth-order valence-corrected chi connectivity index (χ4v) is 4.20. The van der Waals surface area contributed by atoms with E-state index in [4.69, 9.17) is 0 Å². The van der Waals surface area contributed by atoms with Crippen LogP contribution >= 0.6 is 0 Å². The van der Waals surface area contributed by atoms with Gasteiger partial charge in [-0.05, 0) is 44.7 Å². The molecule has 2 atom stereocenters. The van der Waals surface area contributed by atoms with Gasteiger partial charge in [0.2, 0.25) is 11.8 Å². The molecule has 1 saturated carbocycles. The number of hydrogen-bond donors (Lipinski definition) is 3. The normalized spacial score (nSPS) is 20.1. The number of fused-ring (bicyclic) bond motifs is 1. The molecule has 7 nitrogen and oxygen atoms in total. The van der Waals surface area contributed by atoms with Crippen molar-refractivity contribution in [3.8, 4) is 0 Å². The summed E-state index contributed by atoms with van der Waals surface area (Å²) in [5, 5.41) is 7.40. The number of aromatic nitrogens is 1. The molecule has 30 heavy (non-hydrogen) atoms. The van der Waals surface area contributed by atoms with E-state index in [0.717, 1.165) is 51.0 Å². The number of amides is 2. The minimum Gasteiger partial charge on any atom is -0.361 e. The maximum Gasteiger partial charge on any atom is 0.237 e. The monoisotopic (exact) mass is 411 g/mol. The van der Waals surface area contributed by atoms with Gasteiger partial charge in [0.1, 0.15) is 0 Å². The molecule has 1 aliphatic heterocycles. The number of H-pyrrole nitrogens is 1. The molecule has 0 bridgehead atoms. The Hall–Kier alpha value is -2.38. The fraction of sp³-hybridized carbons (Fsp3) is 0.565. The van der Waals surface area contributed by atoms with Gasteiger partial charge in [0, 0.05) is 55.9 Å². The third-order valence-corrected chi connectivity index (χ3v) is 6.50. The lowest BCUT2D eigenvalue weighted by Crippen LogP contribution is -2.57. The van der Waals surface area contributed by atoms with Crippen LogP contribution in [0.15, 0.2) is 30.5 Å². The first-order valence-corrected chi connectivity index (χ1v) is 11.1. The second-order valence-electron chi connectivity index (χ2n) is 8.61. The molecule has 162 valence electrons. The van der Waals surface area contributed by atoms with E-state index in [-0.39, 0.29) is 23.9 Å². The minimum atomic E-state index is -0.161. The van der Waals surface area contributed by atoms with Gasteiger partial charge >= 0.3 is 0 Å². The summed E-state index contributed by atoms with van der Waals surface area (Å²) in [6.45, 7) is 7.81. The fourth-order valence-electron chi connectivity index (χ4n) is 4.20. The molecule has 1 aliphatic carbocycles. The molecule has 2 fully saturated rings. The molecule has 0 spiro atoms. The predicted octanol–water partition coefficient (Wildman–Crippen LogP) is 1.50. The molecule has 2 aliphatic rings. The van der Waals surface area contributed by atoms with Crippen molar-refractivity contribution in [1.29, 1.82) is 0 Å². The highest BCUT2D eigenvalue weighted by atomic mass is 16.2. The first-order chi connectivity index (χ1) is 14.5. The van der Waals surface area contributed by atoms with Gasteiger partial charge in [0.05, 0.1) is 12.1 Å². The highest BCUT2D eigenvalue weighted by Gasteiger charge is 2.31. The molecule has 2 heterocycles. The Balaban J connectivity index is 1.20. The Morgan fingerprint density at radius 1 is 1.03 bits per heavy atom. The average Bonchev–Trinajstić information content (AvgIpc) is 3.50. The van der Waals surface area contributed by atoms with Crippen molar-refractivity contribution in [2.24, 2.45) is 0 Å². The van der Waals surface area contributed by atoms with Crippen molar-refractivity contribution < 1.29 is 9.59 Å². The molecule has 0 radical (unpaired) electrons. The molecule has 4 rings (SSSR count). The highest BCUT2D eigenvalue weighted by Crippen LogP contribution is 2.20. The van der Waals surface area contributed by atoms with Gasteiger partial charge < -0.3 is 15.6 Å². The number of para-hydroxylation sites is 1. The molecular formula is C23H33N5O2. The van der Waals surface area contributed by atoms with Crippen LogP contribution in [-0.2, 0) is 16.0 Å². The highest BCUT2D eigenvalue weighted by molar-refractivity contribution is 5.84. The third kappa shape index (κ3) is 4.84. The number of hydrogen-bond acceptors (Lipinski definition) is 4. The van der Waals surface area contributed by atoms with Crippen LogP contribution in [0.4, 0.5) is 0 Å². The van der Waals surface area contributed by atoms with E-state index < -0.39 is 0 Å². The zero-order valence-electron chi connectivity index (χ0n) is 18.0. The van der Waals surface area contributed by atoms with E-state index in [9.17, 15) is 9.59 Å². The molecule has 1 aromatic carbocycles. The second kappa shape index (κ2) is 9.18. The molecular weight excluding hydrogens is 378 g/mol. The SMILES string of the molecule is CC(C(=O)NCCc1c[nH]c2ccccc12)N1CCN(C(C)C(=O)NC2CC2)CC1. The van der Waals surface area contributed by atoms with E-state index in [2.05, 4.69) is 37.6 Å². The number of aromatic amines is 1. The van der Waals surface area contributed by atoms with Crippen LogP contribution in [0.3, 0.4) is 0 Å². The molecule has 7 heteroatoms. The summed E-state index contributed by atoms with van der Waals surface area (Å²) in [6.07, 6.45) is 5.06. The van der Waals surface area contributed by atoms with Crippen molar-refractivity contribution >= 4 is 22.7 Å². The van der Waals surface area contributed by atoms with E-state index >= 15 is 0 Å². The van der Waals surface area contributed by atoms with E-state index in [1.807, 2.05) is 32.2 Å². The average molecular weight is 412 g/mol. The Morgan fingerprint density at radius 2 is 1.67 bits per heavy atom. The first-order valence-electron chi connectivity index (χ1n) is 11.1. The molecule has 3 N–H and O–H groups in total. The molecule has 1 saturated heterocycles. The standard InChI is InChI=1S/C23H33N5O2/c1-16(22(29)24-10-9-18-15-25-21-6-4-3-5-20(18)21)27-11-13-28(14-12-27)17(2)23(30)26-19-7-8-19/h3-6,15-17,19,25H,7-14H2,1-2H3,(H,24,29)(H,26,30). The van der Waals surface area contributed by atoms with Gasteiger partial charge in [-0.25, -0.2) is 0 Å². The van der Waals surface area contributed by atoms with Gasteiger partial charge in [0.25, 0.3) is 0 Å². The molecule has 2 amide bonds. The zero-order chi connectivity index (χ0) is 21.1. The Labute approximate surface area is 178 Å². The topological polar surface area (TPSA) is 80.5 Å². The van der Waals surface area contributed by atoms with E-state index in [1.54, 1.807) is 0 Å². The quantitative estimate of drug-likeness (QED) is 0.615. The molecule has 2 unspecified atom stereocenters. The number of nitrogens with one attached hydrogen (secondary N) is 3. The number of benzene rings is 1. The summed E-state index contributed by atoms with van der Waals surface area (Å²) in [6, 6.07) is 8.36. The van der Waals surface area contributed by atoms with Crippen molar-refractivity contribution in [2.45, 2.75) is 51.2 Å². The van der Waals surface area contributed by atoms with Crippen molar-refractivity contribution in [1.82, 2.24) is 25.4 Å². The number of piperazine rings is 1. The molecule has 2 aromatic rings. The Kier molecular flexibility index (Phi) is 6.39. The summed E-state index contributed by atoms with van der Waals surface area (Å²) >= 11 is 0. The van der Waals surface area contributed by atoms with Crippen LogP contribution in [0.25, 0.3) is 10.9 Å². The summed E-state index contributed by atoms with van der Waals surface area (Å²) in [4.78, 5) is 32.6. The van der Waals surface area contributed by atoms with Crippen molar-refractivity contribution in [3.05, 3.63) is 36.0 Å². The van der Waals surface area contributed by atoms with Gasteiger partial charge in [-0.3, -0.25) is 19.4 Å². The maximum absolute atomic E-state index is 12.6. The summed E-state index contributed by atoms with van der Waals surface area (Å²) in [7, 11) is 0.